The first-order valence-electron chi connectivity index (χ1n) is 11.0. The highest BCUT2D eigenvalue weighted by atomic mass is 16.7. The number of amides is 2. The average molecular weight is 423 g/mol. The van der Waals surface area contributed by atoms with Gasteiger partial charge in [-0.3, -0.25) is 9.59 Å². The van der Waals surface area contributed by atoms with Crippen molar-refractivity contribution in [2.45, 2.75) is 57.8 Å². The van der Waals surface area contributed by atoms with Crippen molar-refractivity contribution in [3.8, 4) is 0 Å². The molecule has 6 heteroatoms. The number of carbonyl (C=O) groups excluding carboxylic acids is 2. The molecule has 0 radical (unpaired) electrons. The van der Waals surface area contributed by atoms with Crippen LogP contribution in [0.3, 0.4) is 0 Å². The van der Waals surface area contributed by atoms with E-state index in [2.05, 4.69) is 19.2 Å². The van der Waals surface area contributed by atoms with Crippen molar-refractivity contribution in [2.75, 3.05) is 6.54 Å². The quantitative estimate of drug-likeness (QED) is 0.710. The second-order valence-electron chi connectivity index (χ2n) is 8.66. The van der Waals surface area contributed by atoms with Crippen LogP contribution in [0.1, 0.15) is 31.4 Å². The molecule has 2 aliphatic heterocycles. The van der Waals surface area contributed by atoms with Gasteiger partial charge in [0, 0.05) is 13.1 Å². The van der Waals surface area contributed by atoms with Crippen LogP contribution >= 0.6 is 0 Å². The smallest absolute Gasteiger partial charge is 0.255 e. The molecular weight excluding hydrogens is 392 g/mol. The topological polar surface area (TPSA) is 67.9 Å². The monoisotopic (exact) mass is 422 g/mol. The second kappa shape index (κ2) is 9.62. The highest BCUT2D eigenvalue weighted by Gasteiger charge is 2.55. The Morgan fingerprint density at radius 3 is 2.29 bits per heavy atom. The van der Waals surface area contributed by atoms with Gasteiger partial charge in [-0.2, -0.15) is 0 Å². The van der Waals surface area contributed by atoms with Gasteiger partial charge in [-0.1, -0.05) is 74.5 Å². The number of morpholine rings is 1. The first-order chi connectivity index (χ1) is 15.0. The third kappa shape index (κ3) is 4.97. The van der Waals surface area contributed by atoms with E-state index in [-0.39, 0.29) is 17.9 Å². The minimum Gasteiger partial charge on any atom is -0.354 e. The average Bonchev–Trinajstić information content (AvgIpc) is 3.18. The number of hydrogen-bond acceptors (Lipinski definition) is 4. The summed E-state index contributed by atoms with van der Waals surface area (Å²) in [6, 6.07) is 19.6. The Hall–Kier alpha value is -2.70. The number of benzene rings is 2. The predicted molar refractivity (Wildman–Crippen MR) is 117 cm³/mol. The maximum absolute atomic E-state index is 13.4. The zero-order valence-electron chi connectivity index (χ0n) is 18.1. The highest BCUT2D eigenvalue weighted by molar-refractivity contribution is 5.92. The van der Waals surface area contributed by atoms with Gasteiger partial charge in [0.05, 0.1) is 6.04 Å². The molecule has 2 bridgehead atoms. The van der Waals surface area contributed by atoms with Crippen LogP contribution in [0.2, 0.25) is 0 Å². The normalized spacial score (nSPS) is 25.1. The van der Waals surface area contributed by atoms with Gasteiger partial charge >= 0.3 is 0 Å². The van der Waals surface area contributed by atoms with E-state index in [0.29, 0.717) is 25.4 Å². The van der Waals surface area contributed by atoms with Gasteiger partial charge in [0.2, 0.25) is 0 Å². The van der Waals surface area contributed by atoms with E-state index < -0.39 is 18.5 Å². The number of nitrogens with zero attached hydrogens (tertiary/aromatic N) is 1. The van der Waals surface area contributed by atoms with E-state index in [0.717, 1.165) is 17.5 Å². The van der Waals surface area contributed by atoms with Crippen molar-refractivity contribution in [3.05, 3.63) is 71.8 Å². The molecule has 2 amide bonds. The van der Waals surface area contributed by atoms with Crippen LogP contribution in [0.15, 0.2) is 60.7 Å². The van der Waals surface area contributed by atoms with Gasteiger partial charge in [0.25, 0.3) is 11.8 Å². The third-order valence-electron chi connectivity index (χ3n) is 5.84. The number of nitrogens with one attached hydrogen (secondary N) is 1. The Morgan fingerprint density at radius 1 is 1.00 bits per heavy atom. The van der Waals surface area contributed by atoms with Crippen LogP contribution < -0.4 is 5.32 Å². The molecule has 164 valence electrons. The van der Waals surface area contributed by atoms with Crippen molar-refractivity contribution < 1.29 is 19.1 Å². The number of carbonyl (C=O) groups is 2. The standard InChI is InChI=1S/C25H30N2O4/c1-17(2)13-14-26-23(28)21-22-24(29)27(16-19-11-7-4-8-12-19)20(25(30-21)31-22)15-18-9-5-3-6-10-18/h3-12,17,20-22,25H,13-16H2,1-2H3,(H,26,28)/t20-,21+,22+,25+/m0/s1. The van der Waals surface area contributed by atoms with E-state index in [1.165, 1.54) is 0 Å². The molecule has 0 unspecified atom stereocenters. The van der Waals surface area contributed by atoms with Gasteiger partial charge in [0.15, 0.2) is 18.5 Å². The Labute approximate surface area is 183 Å². The molecule has 31 heavy (non-hydrogen) atoms. The van der Waals surface area contributed by atoms with Crippen molar-refractivity contribution in [3.63, 3.8) is 0 Å². The summed E-state index contributed by atoms with van der Waals surface area (Å²) in [5.41, 5.74) is 2.13. The highest BCUT2D eigenvalue weighted by Crippen LogP contribution is 2.34. The molecule has 0 aromatic heterocycles. The first-order valence-corrected chi connectivity index (χ1v) is 11.0. The molecule has 4 rings (SSSR count). The van der Waals surface area contributed by atoms with Crippen molar-refractivity contribution in [1.82, 2.24) is 10.2 Å². The van der Waals surface area contributed by atoms with Crippen molar-refractivity contribution in [2.24, 2.45) is 5.92 Å². The molecular formula is C25H30N2O4. The van der Waals surface area contributed by atoms with E-state index in [9.17, 15) is 9.59 Å². The first kappa shape index (κ1) is 21.5. The zero-order valence-corrected chi connectivity index (χ0v) is 18.1. The molecule has 2 fully saturated rings. The lowest BCUT2D eigenvalue weighted by molar-refractivity contribution is -0.177. The minimum absolute atomic E-state index is 0.192. The maximum Gasteiger partial charge on any atom is 0.255 e. The largest absolute Gasteiger partial charge is 0.354 e. The fourth-order valence-corrected chi connectivity index (χ4v) is 4.13. The lowest BCUT2D eigenvalue weighted by atomic mass is 10.0. The molecule has 0 spiro atoms. The lowest BCUT2D eigenvalue weighted by Crippen LogP contribution is -2.56. The van der Waals surface area contributed by atoms with E-state index in [1.807, 2.05) is 65.6 Å². The van der Waals surface area contributed by atoms with Crippen LogP contribution in [0, 0.1) is 5.92 Å². The Bertz CT molecular complexity index is 887. The summed E-state index contributed by atoms with van der Waals surface area (Å²) >= 11 is 0. The van der Waals surface area contributed by atoms with Gasteiger partial charge in [0.1, 0.15) is 0 Å². The van der Waals surface area contributed by atoms with Gasteiger partial charge < -0.3 is 19.7 Å². The van der Waals surface area contributed by atoms with Crippen LogP contribution in [-0.2, 0) is 32.0 Å². The molecule has 2 heterocycles. The number of rotatable bonds is 8. The number of hydrogen-bond donors (Lipinski definition) is 1. The van der Waals surface area contributed by atoms with Crippen LogP contribution in [0.25, 0.3) is 0 Å². The molecule has 2 aromatic rings. The molecule has 2 aromatic carbocycles. The van der Waals surface area contributed by atoms with Crippen molar-refractivity contribution in [1.29, 1.82) is 0 Å². The zero-order chi connectivity index (χ0) is 21.8. The van der Waals surface area contributed by atoms with Crippen LogP contribution in [0.4, 0.5) is 0 Å². The molecule has 4 atom stereocenters. The van der Waals surface area contributed by atoms with E-state index >= 15 is 0 Å². The lowest BCUT2D eigenvalue weighted by Gasteiger charge is -2.38. The van der Waals surface area contributed by atoms with Gasteiger partial charge in [-0.05, 0) is 29.9 Å². The predicted octanol–water partition coefficient (Wildman–Crippen LogP) is 2.91. The Morgan fingerprint density at radius 2 is 1.65 bits per heavy atom. The number of ether oxygens (including phenoxy) is 2. The van der Waals surface area contributed by atoms with Gasteiger partial charge in [-0.25, -0.2) is 0 Å². The van der Waals surface area contributed by atoms with Crippen LogP contribution in [-0.4, -0.2) is 47.8 Å². The number of fused-ring (bicyclic) bond motifs is 2. The SMILES string of the molecule is CC(C)CCNC(=O)[C@@H]1O[C@@H]2O[C@H]1C(=O)N(Cc1ccccc1)[C@H]2Cc1ccccc1. The molecule has 2 saturated heterocycles. The molecule has 0 aliphatic carbocycles. The van der Waals surface area contributed by atoms with Gasteiger partial charge in [-0.15, -0.1) is 0 Å². The Balaban J connectivity index is 1.54. The minimum atomic E-state index is -0.913. The summed E-state index contributed by atoms with van der Waals surface area (Å²) in [5.74, 6) is 0.0163. The summed E-state index contributed by atoms with van der Waals surface area (Å²) in [6.07, 6.45) is -0.979. The fraction of sp³-hybridized carbons (Fsp3) is 0.440. The molecule has 1 N–H and O–H groups in total. The fourth-order valence-electron chi connectivity index (χ4n) is 4.13. The van der Waals surface area contributed by atoms with Crippen LogP contribution in [0.5, 0.6) is 0 Å². The summed E-state index contributed by atoms with van der Waals surface area (Å²) in [5, 5.41) is 2.90. The molecule has 6 nitrogen and oxygen atoms in total. The third-order valence-corrected chi connectivity index (χ3v) is 5.84. The Kier molecular flexibility index (Phi) is 6.68. The van der Waals surface area contributed by atoms with E-state index in [1.54, 1.807) is 0 Å². The summed E-state index contributed by atoms with van der Waals surface area (Å²) < 4.78 is 12.0. The van der Waals surface area contributed by atoms with Crippen molar-refractivity contribution >= 4 is 11.8 Å². The molecule has 2 aliphatic rings. The van der Waals surface area contributed by atoms with E-state index in [4.69, 9.17) is 9.47 Å². The summed E-state index contributed by atoms with van der Waals surface area (Å²) in [6.45, 7) is 5.22. The second-order valence-corrected chi connectivity index (χ2v) is 8.66. The summed E-state index contributed by atoms with van der Waals surface area (Å²) in [4.78, 5) is 28.0. The molecule has 0 saturated carbocycles. The summed E-state index contributed by atoms with van der Waals surface area (Å²) in [7, 11) is 0. The maximum atomic E-state index is 13.4.